The van der Waals surface area contributed by atoms with Crippen LogP contribution >= 0.6 is 0 Å². The molecule has 2 heterocycles. The van der Waals surface area contributed by atoms with E-state index in [1.807, 2.05) is 49.3 Å². The number of non-ortho nitro benzene ring substituents is 1. The van der Waals surface area contributed by atoms with Crippen molar-refractivity contribution >= 4 is 27.6 Å². The van der Waals surface area contributed by atoms with Crippen LogP contribution in [0.3, 0.4) is 0 Å². The Morgan fingerprint density at radius 2 is 1.97 bits per heavy atom. The van der Waals surface area contributed by atoms with E-state index in [-0.39, 0.29) is 11.7 Å². The monoisotopic (exact) mass is 391 g/mol. The fraction of sp³-hybridized carbons (Fsp3) is 0.238. The van der Waals surface area contributed by atoms with E-state index < -0.39 is 4.92 Å². The third-order valence-corrected chi connectivity index (χ3v) is 4.95. The number of hydrogen-bond acceptors (Lipinski definition) is 7. The lowest BCUT2D eigenvalue weighted by atomic mass is 10.0. The van der Waals surface area contributed by atoms with E-state index in [9.17, 15) is 10.1 Å². The summed E-state index contributed by atoms with van der Waals surface area (Å²) >= 11 is 0. The lowest BCUT2D eigenvalue weighted by Crippen LogP contribution is -2.24. The molecule has 0 spiro atoms. The molecular formula is C21H21N5O3. The molecule has 0 aliphatic carbocycles. The molecule has 0 radical (unpaired) electrons. The van der Waals surface area contributed by atoms with Crippen molar-refractivity contribution in [2.75, 3.05) is 20.6 Å². The summed E-state index contributed by atoms with van der Waals surface area (Å²) in [5.74, 6) is 0.916. The molecule has 0 aliphatic rings. The van der Waals surface area contributed by atoms with Gasteiger partial charge in [0.2, 0.25) is 0 Å². The van der Waals surface area contributed by atoms with Crippen LogP contribution < -0.4 is 5.73 Å². The van der Waals surface area contributed by atoms with Crippen molar-refractivity contribution in [2.45, 2.75) is 12.5 Å². The van der Waals surface area contributed by atoms with Gasteiger partial charge in [0.15, 0.2) is 11.6 Å². The molecular weight excluding hydrogens is 370 g/mol. The average molecular weight is 391 g/mol. The first-order chi connectivity index (χ1) is 14.0. The van der Waals surface area contributed by atoms with E-state index in [1.165, 1.54) is 6.07 Å². The molecule has 2 aromatic carbocycles. The second-order valence-electron chi connectivity index (χ2n) is 7.07. The van der Waals surface area contributed by atoms with Crippen LogP contribution in [0.25, 0.3) is 33.5 Å². The van der Waals surface area contributed by atoms with E-state index in [4.69, 9.17) is 15.1 Å². The van der Waals surface area contributed by atoms with Gasteiger partial charge in [-0.1, -0.05) is 24.3 Å². The van der Waals surface area contributed by atoms with Crippen molar-refractivity contribution in [1.82, 2.24) is 14.9 Å². The predicted octanol–water partition coefficient (Wildman–Crippen LogP) is 3.90. The molecule has 0 fully saturated rings. The first kappa shape index (κ1) is 19.0. The van der Waals surface area contributed by atoms with Gasteiger partial charge in [0.1, 0.15) is 11.0 Å². The van der Waals surface area contributed by atoms with Gasteiger partial charge in [0.25, 0.3) is 5.69 Å². The molecule has 0 saturated heterocycles. The second-order valence-corrected chi connectivity index (χ2v) is 7.07. The Morgan fingerprint density at radius 3 is 2.66 bits per heavy atom. The fourth-order valence-corrected chi connectivity index (χ4v) is 3.59. The van der Waals surface area contributed by atoms with E-state index in [0.717, 1.165) is 11.0 Å². The minimum Gasteiger partial charge on any atom is -0.453 e. The molecule has 2 aromatic heterocycles. The number of aromatic nitrogens is 2. The third kappa shape index (κ3) is 3.43. The number of nitrogens with two attached hydrogens (primary N) is 1. The van der Waals surface area contributed by atoms with Crippen LogP contribution in [0.5, 0.6) is 0 Å². The van der Waals surface area contributed by atoms with Crippen LogP contribution in [-0.4, -0.2) is 40.4 Å². The first-order valence-electron chi connectivity index (χ1n) is 9.30. The van der Waals surface area contributed by atoms with Gasteiger partial charge in [-0.2, -0.15) is 0 Å². The van der Waals surface area contributed by atoms with Gasteiger partial charge in [-0.3, -0.25) is 10.1 Å². The highest BCUT2D eigenvalue weighted by Gasteiger charge is 2.26. The smallest absolute Gasteiger partial charge is 0.280 e. The molecule has 0 aliphatic heterocycles. The number of hydrogen-bond donors (Lipinski definition) is 1. The Balaban J connectivity index is 2.01. The molecule has 0 saturated carbocycles. The number of nitrogens with zero attached hydrogens (tertiary/aromatic N) is 4. The fourth-order valence-electron chi connectivity index (χ4n) is 3.59. The number of nitro groups is 1. The van der Waals surface area contributed by atoms with Gasteiger partial charge in [-0.05, 0) is 45.3 Å². The molecule has 0 amide bonds. The van der Waals surface area contributed by atoms with Gasteiger partial charge in [0.05, 0.1) is 22.2 Å². The molecule has 8 nitrogen and oxygen atoms in total. The zero-order valence-electron chi connectivity index (χ0n) is 16.2. The van der Waals surface area contributed by atoms with Crippen molar-refractivity contribution in [3.63, 3.8) is 0 Å². The molecule has 0 bridgehead atoms. The van der Waals surface area contributed by atoms with Gasteiger partial charge < -0.3 is 15.1 Å². The summed E-state index contributed by atoms with van der Waals surface area (Å²) in [5, 5.41) is 13.1. The maximum atomic E-state index is 11.7. The molecule has 2 N–H and O–H groups in total. The first-order valence-corrected chi connectivity index (χ1v) is 9.30. The Kier molecular flexibility index (Phi) is 4.96. The van der Waals surface area contributed by atoms with Crippen molar-refractivity contribution in [1.29, 1.82) is 0 Å². The third-order valence-electron chi connectivity index (χ3n) is 4.95. The second kappa shape index (κ2) is 7.57. The number of para-hydroxylation sites is 1. The normalized spacial score (nSPS) is 12.7. The number of rotatable bonds is 6. The van der Waals surface area contributed by atoms with Gasteiger partial charge in [0, 0.05) is 11.5 Å². The number of fused-ring (bicyclic) bond motifs is 2. The lowest BCUT2D eigenvalue weighted by Gasteiger charge is -2.24. The Hall–Kier alpha value is -3.36. The van der Waals surface area contributed by atoms with Crippen LogP contribution in [0, 0.1) is 10.1 Å². The van der Waals surface area contributed by atoms with E-state index in [0.29, 0.717) is 41.1 Å². The summed E-state index contributed by atoms with van der Waals surface area (Å²) in [6, 6.07) is 14.2. The van der Waals surface area contributed by atoms with E-state index >= 15 is 0 Å². The summed E-state index contributed by atoms with van der Waals surface area (Å²) in [4.78, 5) is 22.6. The van der Waals surface area contributed by atoms with Crippen LogP contribution in [0.15, 0.2) is 52.9 Å². The summed E-state index contributed by atoms with van der Waals surface area (Å²) in [6.45, 7) is 0.426. The molecule has 148 valence electrons. The van der Waals surface area contributed by atoms with Crippen LogP contribution in [0.2, 0.25) is 0 Å². The Bertz CT molecular complexity index is 1170. The van der Waals surface area contributed by atoms with Crippen LogP contribution in [-0.2, 0) is 0 Å². The molecule has 1 atom stereocenters. The highest BCUT2D eigenvalue weighted by atomic mass is 16.6. The van der Waals surface area contributed by atoms with Crippen molar-refractivity contribution in [2.24, 2.45) is 5.73 Å². The van der Waals surface area contributed by atoms with Crippen LogP contribution in [0.4, 0.5) is 5.69 Å². The largest absolute Gasteiger partial charge is 0.453 e. The minimum atomic E-state index is -0.398. The molecule has 8 heteroatoms. The number of benzene rings is 2. The molecule has 29 heavy (non-hydrogen) atoms. The van der Waals surface area contributed by atoms with Crippen molar-refractivity contribution < 1.29 is 9.34 Å². The summed E-state index contributed by atoms with van der Waals surface area (Å²) in [5.41, 5.74) is 7.62. The molecule has 4 rings (SSSR count). The maximum Gasteiger partial charge on any atom is 0.280 e. The average Bonchev–Trinajstić information content (AvgIpc) is 3.15. The van der Waals surface area contributed by atoms with E-state index in [1.54, 1.807) is 12.1 Å². The van der Waals surface area contributed by atoms with Gasteiger partial charge >= 0.3 is 0 Å². The minimum absolute atomic E-state index is 0.0162. The quantitative estimate of drug-likeness (QED) is 0.392. The Labute approximate surface area is 167 Å². The SMILES string of the molecule is CN(C)C(CCN)c1nc(-c2cc3ccccc3o2)nc2cccc([N+](=O)[O-])c12. The standard InChI is InChI=1S/C21H21N5O3/c1-25(2)16(10-11-22)20-19-14(7-5-8-15(19)26(27)28)23-21(24-20)18-12-13-6-3-4-9-17(13)29-18/h3-9,12,16H,10-11,22H2,1-2H3. The highest BCUT2D eigenvalue weighted by molar-refractivity contribution is 5.92. The van der Waals surface area contributed by atoms with E-state index in [2.05, 4.69) is 4.98 Å². The highest BCUT2D eigenvalue weighted by Crippen LogP contribution is 2.35. The van der Waals surface area contributed by atoms with Crippen molar-refractivity contribution in [3.05, 3.63) is 64.3 Å². The molecule has 1 unspecified atom stereocenters. The lowest BCUT2D eigenvalue weighted by molar-refractivity contribution is -0.383. The topological polar surface area (TPSA) is 111 Å². The predicted molar refractivity (Wildman–Crippen MR) is 111 cm³/mol. The van der Waals surface area contributed by atoms with Crippen molar-refractivity contribution in [3.8, 4) is 11.6 Å². The summed E-state index contributed by atoms with van der Waals surface area (Å²) in [7, 11) is 3.81. The molecule has 4 aromatic rings. The maximum absolute atomic E-state index is 11.7. The van der Waals surface area contributed by atoms with Gasteiger partial charge in [-0.25, -0.2) is 9.97 Å². The zero-order chi connectivity index (χ0) is 20.5. The Morgan fingerprint density at radius 1 is 1.17 bits per heavy atom. The zero-order valence-corrected chi connectivity index (χ0v) is 16.2. The number of nitro benzene ring substituents is 1. The van der Waals surface area contributed by atoms with Gasteiger partial charge in [-0.15, -0.1) is 0 Å². The van der Waals surface area contributed by atoms with Crippen LogP contribution in [0.1, 0.15) is 18.2 Å². The summed E-state index contributed by atoms with van der Waals surface area (Å²) < 4.78 is 5.94. The summed E-state index contributed by atoms with van der Waals surface area (Å²) in [6.07, 6.45) is 0.602. The number of furan rings is 1.